The van der Waals surface area contributed by atoms with Crippen LogP contribution in [-0.4, -0.2) is 35.1 Å². The van der Waals surface area contributed by atoms with E-state index in [9.17, 15) is 18.0 Å². The zero-order valence-corrected chi connectivity index (χ0v) is 21.3. The Morgan fingerprint density at radius 1 is 1.17 bits per heavy atom. The number of aliphatic carboxylic acids is 1. The van der Waals surface area contributed by atoms with Gasteiger partial charge in [-0.3, -0.25) is 0 Å². The van der Waals surface area contributed by atoms with Gasteiger partial charge < -0.3 is 9.84 Å². The third-order valence-electron chi connectivity index (χ3n) is 5.52. The number of fused-ring (bicyclic) bond motifs is 1. The second-order valence-electron chi connectivity index (χ2n) is 8.15. The van der Waals surface area contributed by atoms with Gasteiger partial charge in [-0.1, -0.05) is 24.6 Å². The summed E-state index contributed by atoms with van der Waals surface area (Å²) in [5, 5.41) is 9.29. The summed E-state index contributed by atoms with van der Waals surface area (Å²) in [5.41, 5.74) is 2.34. The van der Waals surface area contributed by atoms with Crippen LogP contribution in [0.4, 0.5) is 13.2 Å². The Kier molecular flexibility index (Phi) is 9.63. The quantitative estimate of drug-likeness (QED) is 0.326. The number of thiazole rings is 1. The molecule has 0 aliphatic heterocycles. The number of thioether (sulfide) groups is 1. The van der Waals surface area contributed by atoms with Crippen LogP contribution in [0, 0.1) is 6.92 Å². The van der Waals surface area contributed by atoms with Crippen molar-refractivity contribution in [3.8, 4) is 5.75 Å². The van der Waals surface area contributed by atoms with Crippen molar-refractivity contribution in [2.24, 2.45) is 0 Å². The highest BCUT2D eigenvalue weighted by atomic mass is 32.2. The van der Waals surface area contributed by atoms with Crippen LogP contribution in [-0.2, 0) is 17.6 Å². The van der Waals surface area contributed by atoms with Gasteiger partial charge in [-0.25, -0.2) is 9.78 Å². The summed E-state index contributed by atoms with van der Waals surface area (Å²) in [6, 6.07) is 5.68. The lowest BCUT2D eigenvalue weighted by Gasteiger charge is -2.07. The zero-order chi connectivity index (χ0) is 25.4. The smallest absolute Gasteiger partial charge is 0.416 e. The number of carboxylic acids is 1. The SMILES string of the molecule is CSc1ccc(OCC(=O)O)c(C)c1.FC(F)(F)C1=CCC=C(c2nc3c(s2)CCCCC3)C=C1. The highest BCUT2D eigenvalue weighted by Crippen LogP contribution is 2.34. The Hall–Kier alpha value is -2.52. The normalized spacial score (nSPS) is 15.6. The molecule has 4 rings (SSSR count). The molecule has 1 N–H and O–H groups in total. The first-order chi connectivity index (χ1) is 16.7. The average Bonchev–Trinajstić information content (AvgIpc) is 2.97. The van der Waals surface area contributed by atoms with Crippen LogP contribution in [0.2, 0.25) is 0 Å². The molecule has 1 heterocycles. The molecule has 0 amide bonds. The molecule has 188 valence electrons. The number of hydrogen-bond acceptors (Lipinski definition) is 5. The van der Waals surface area contributed by atoms with E-state index in [-0.39, 0.29) is 6.61 Å². The third kappa shape index (κ3) is 8.00. The number of aryl methyl sites for hydroxylation is 3. The summed E-state index contributed by atoms with van der Waals surface area (Å²) in [4.78, 5) is 17.4. The zero-order valence-electron chi connectivity index (χ0n) is 19.7. The van der Waals surface area contributed by atoms with E-state index in [0.717, 1.165) is 52.1 Å². The first-order valence-electron chi connectivity index (χ1n) is 11.3. The number of carboxylic acid groups (broad SMARTS) is 1. The van der Waals surface area contributed by atoms with E-state index in [1.807, 2.05) is 31.4 Å². The monoisotopic (exact) mass is 523 g/mol. The molecule has 2 aromatic rings. The second-order valence-corrected chi connectivity index (χ2v) is 10.1. The summed E-state index contributed by atoms with van der Waals surface area (Å²) in [7, 11) is 0. The van der Waals surface area contributed by atoms with E-state index in [1.165, 1.54) is 23.8 Å². The molecule has 0 spiro atoms. The molecule has 0 fully saturated rings. The van der Waals surface area contributed by atoms with Crippen molar-refractivity contribution in [1.29, 1.82) is 0 Å². The van der Waals surface area contributed by atoms with Gasteiger partial charge in [0.1, 0.15) is 10.8 Å². The topological polar surface area (TPSA) is 59.4 Å². The molecule has 1 aromatic heterocycles. The number of hydrogen-bond donors (Lipinski definition) is 1. The van der Waals surface area contributed by atoms with Gasteiger partial charge in [-0.2, -0.15) is 13.2 Å². The lowest BCUT2D eigenvalue weighted by Crippen LogP contribution is -2.09. The van der Waals surface area contributed by atoms with Gasteiger partial charge >= 0.3 is 12.1 Å². The molecule has 0 saturated heterocycles. The number of nitrogens with zero attached hydrogens (tertiary/aromatic N) is 1. The molecule has 1 aromatic carbocycles. The number of aromatic nitrogens is 1. The highest BCUT2D eigenvalue weighted by molar-refractivity contribution is 7.98. The van der Waals surface area contributed by atoms with Crippen LogP contribution in [0.5, 0.6) is 5.75 Å². The second kappa shape index (κ2) is 12.4. The molecule has 9 heteroatoms. The van der Waals surface area contributed by atoms with E-state index < -0.39 is 17.7 Å². The maximum Gasteiger partial charge on any atom is 0.416 e. The molecule has 0 unspecified atom stereocenters. The van der Waals surface area contributed by atoms with Crippen LogP contribution in [0.1, 0.15) is 46.8 Å². The minimum absolute atomic E-state index is 0.292. The third-order valence-corrected chi connectivity index (χ3v) is 7.45. The number of halogens is 3. The summed E-state index contributed by atoms with van der Waals surface area (Å²) in [5.74, 6) is -0.330. The lowest BCUT2D eigenvalue weighted by molar-refractivity contribution is -0.139. The molecule has 0 saturated carbocycles. The molecular weight excluding hydrogens is 495 g/mol. The molecule has 2 aliphatic rings. The number of benzene rings is 1. The Labute approximate surface area is 211 Å². The summed E-state index contributed by atoms with van der Waals surface area (Å²) < 4.78 is 43.3. The summed E-state index contributed by atoms with van der Waals surface area (Å²) in [6.45, 7) is 1.61. The Morgan fingerprint density at radius 2 is 1.94 bits per heavy atom. The van der Waals surface area contributed by atoms with Crippen LogP contribution in [0.25, 0.3) is 5.57 Å². The van der Waals surface area contributed by atoms with Crippen molar-refractivity contribution in [1.82, 2.24) is 4.98 Å². The lowest BCUT2D eigenvalue weighted by atomic mass is 10.2. The highest BCUT2D eigenvalue weighted by Gasteiger charge is 2.31. The van der Waals surface area contributed by atoms with Gasteiger partial charge in [0.05, 0.1) is 11.3 Å². The molecule has 35 heavy (non-hydrogen) atoms. The first-order valence-corrected chi connectivity index (χ1v) is 13.3. The van der Waals surface area contributed by atoms with Crippen molar-refractivity contribution in [3.05, 3.63) is 69.2 Å². The maximum absolute atomic E-state index is 12.7. The van der Waals surface area contributed by atoms with E-state index in [2.05, 4.69) is 4.98 Å². The Bertz CT molecular complexity index is 1110. The fourth-order valence-electron chi connectivity index (χ4n) is 3.70. The maximum atomic E-state index is 12.7. The number of alkyl halides is 3. The molecular formula is C26H28F3NO3S2. The predicted molar refractivity (Wildman–Crippen MR) is 135 cm³/mol. The van der Waals surface area contributed by atoms with Gasteiger partial charge in [0, 0.05) is 15.3 Å². The minimum atomic E-state index is -4.28. The molecule has 0 bridgehead atoms. The van der Waals surface area contributed by atoms with Gasteiger partial charge in [0.15, 0.2) is 6.61 Å². The van der Waals surface area contributed by atoms with E-state index in [0.29, 0.717) is 12.2 Å². The van der Waals surface area contributed by atoms with Gasteiger partial charge in [-0.15, -0.1) is 23.1 Å². The van der Waals surface area contributed by atoms with Gasteiger partial charge in [0.2, 0.25) is 0 Å². The number of rotatable bonds is 5. The van der Waals surface area contributed by atoms with E-state index >= 15 is 0 Å². The van der Waals surface area contributed by atoms with Crippen LogP contribution >= 0.6 is 23.1 Å². The fourth-order valence-corrected chi connectivity index (χ4v) is 5.37. The van der Waals surface area contributed by atoms with Gasteiger partial charge in [0.25, 0.3) is 0 Å². The number of allylic oxidation sites excluding steroid dienone is 6. The van der Waals surface area contributed by atoms with Crippen LogP contribution < -0.4 is 4.74 Å². The first kappa shape index (κ1) is 27.1. The Balaban J connectivity index is 0.000000214. The van der Waals surface area contributed by atoms with E-state index in [1.54, 1.807) is 35.2 Å². The molecule has 4 nitrogen and oxygen atoms in total. The average molecular weight is 524 g/mol. The fraction of sp³-hybridized carbons (Fsp3) is 0.385. The van der Waals surface area contributed by atoms with Crippen LogP contribution in [0.3, 0.4) is 0 Å². The summed E-state index contributed by atoms with van der Waals surface area (Å²) >= 11 is 3.28. The van der Waals surface area contributed by atoms with Crippen LogP contribution in [0.15, 0.2) is 53.0 Å². The standard InChI is InChI=1S/C16H16F3NS.C10H12O3S/c17-16(18,19)12-6-4-5-11(9-10-12)15-20-13-7-2-1-3-8-14(13)21-15;1-7-5-8(14-2)3-4-9(7)13-6-10(11)12/h5-6,9-10H,1-4,7-8H2;3-5H,6H2,1-2H3,(H,11,12). The van der Waals surface area contributed by atoms with Crippen molar-refractivity contribution in [2.45, 2.75) is 56.5 Å². The molecule has 2 aliphatic carbocycles. The number of ether oxygens (including phenoxy) is 1. The van der Waals surface area contributed by atoms with Crippen molar-refractivity contribution in [2.75, 3.05) is 12.9 Å². The van der Waals surface area contributed by atoms with Crippen molar-refractivity contribution in [3.63, 3.8) is 0 Å². The van der Waals surface area contributed by atoms with Crippen molar-refractivity contribution < 1.29 is 27.8 Å². The number of carbonyl (C=O) groups is 1. The largest absolute Gasteiger partial charge is 0.482 e. The minimum Gasteiger partial charge on any atom is -0.482 e. The molecule has 0 atom stereocenters. The molecule has 0 radical (unpaired) electrons. The van der Waals surface area contributed by atoms with Crippen molar-refractivity contribution >= 4 is 34.6 Å². The summed E-state index contributed by atoms with van der Waals surface area (Å²) in [6.07, 6.45) is 9.39. The Morgan fingerprint density at radius 3 is 2.63 bits per heavy atom. The van der Waals surface area contributed by atoms with Gasteiger partial charge in [-0.05, 0) is 75.1 Å². The van der Waals surface area contributed by atoms with E-state index in [4.69, 9.17) is 9.84 Å². The predicted octanol–water partition coefficient (Wildman–Crippen LogP) is 7.42.